The number of nitrogens with zero attached hydrogens (tertiary/aromatic N) is 2. The molecule has 0 atom stereocenters. The van der Waals surface area contributed by atoms with Crippen molar-refractivity contribution in [3.8, 4) is 0 Å². The Morgan fingerprint density at radius 2 is 2.25 bits per heavy atom. The Labute approximate surface area is 116 Å². The van der Waals surface area contributed by atoms with Gasteiger partial charge < -0.3 is 5.32 Å². The predicted molar refractivity (Wildman–Crippen MR) is 76.9 cm³/mol. The van der Waals surface area contributed by atoms with Crippen LogP contribution in [0.4, 0.5) is 0 Å². The summed E-state index contributed by atoms with van der Waals surface area (Å²) in [5.74, 6) is 0.704. The van der Waals surface area contributed by atoms with E-state index in [1.54, 1.807) is 22.8 Å². The first kappa shape index (κ1) is 12.8. The van der Waals surface area contributed by atoms with Gasteiger partial charge in [0.2, 0.25) is 0 Å². The molecule has 104 valence electrons. The lowest BCUT2D eigenvalue weighted by molar-refractivity contribution is 0.0956. The molecule has 3 rings (SSSR count). The van der Waals surface area contributed by atoms with Crippen molar-refractivity contribution in [2.45, 2.75) is 32.7 Å². The van der Waals surface area contributed by atoms with Gasteiger partial charge >= 0.3 is 0 Å². The zero-order valence-electron chi connectivity index (χ0n) is 11.5. The molecule has 0 saturated carbocycles. The summed E-state index contributed by atoms with van der Waals surface area (Å²) < 4.78 is 1.76. The van der Waals surface area contributed by atoms with Crippen molar-refractivity contribution >= 4 is 16.8 Å². The molecule has 1 aliphatic heterocycles. The number of benzene rings is 1. The molecule has 20 heavy (non-hydrogen) atoms. The lowest BCUT2D eigenvalue weighted by Gasteiger charge is -2.17. The molecule has 0 unspecified atom stereocenters. The fraction of sp³-hybridized carbons (Fsp3) is 0.400. The smallest absolute Gasteiger partial charge is 0.261 e. The number of amides is 1. The zero-order valence-corrected chi connectivity index (χ0v) is 11.5. The van der Waals surface area contributed by atoms with Gasteiger partial charge in [0.1, 0.15) is 5.82 Å². The minimum absolute atomic E-state index is 0.00662. The minimum atomic E-state index is -0.131. The van der Waals surface area contributed by atoms with E-state index in [2.05, 4.69) is 10.3 Å². The summed E-state index contributed by atoms with van der Waals surface area (Å²) in [6, 6.07) is 5.10. The van der Waals surface area contributed by atoms with Crippen molar-refractivity contribution in [3.05, 3.63) is 39.9 Å². The third kappa shape index (κ3) is 2.09. The van der Waals surface area contributed by atoms with Crippen LogP contribution in [0.15, 0.2) is 23.0 Å². The van der Waals surface area contributed by atoms with Crippen molar-refractivity contribution in [2.75, 3.05) is 6.54 Å². The molecular weight excluding hydrogens is 254 g/mol. The zero-order chi connectivity index (χ0) is 14.1. The summed E-state index contributed by atoms with van der Waals surface area (Å²) in [6.45, 7) is 3.20. The molecular formula is C15H17N3O2. The van der Waals surface area contributed by atoms with E-state index >= 15 is 0 Å². The SMILES string of the molecule is CCNC(=O)c1ccc2c(=O)n3c(nc2c1)CCCC3. The molecule has 1 aromatic carbocycles. The van der Waals surface area contributed by atoms with Crippen molar-refractivity contribution in [1.82, 2.24) is 14.9 Å². The van der Waals surface area contributed by atoms with E-state index in [9.17, 15) is 9.59 Å². The van der Waals surface area contributed by atoms with Crippen molar-refractivity contribution < 1.29 is 4.79 Å². The summed E-state index contributed by atoms with van der Waals surface area (Å²) in [6.07, 6.45) is 2.92. The number of nitrogens with one attached hydrogen (secondary N) is 1. The highest BCUT2D eigenvalue weighted by molar-refractivity contribution is 5.97. The average molecular weight is 271 g/mol. The first-order valence-corrected chi connectivity index (χ1v) is 7.02. The number of hydrogen-bond donors (Lipinski definition) is 1. The summed E-state index contributed by atoms with van der Waals surface area (Å²) in [7, 11) is 0. The Kier molecular flexibility index (Phi) is 3.26. The molecule has 2 heterocycles. The van der Waals surface area contributed by atoms with Crippen molar-refractivity contribution in [2.24, 2.45) is 0 Å². The minimum Gasteiger partial charge on any atom is -0.352 e. The van der Waals surface area contributed by atoms with Crippen LogP contribution >= 0.6 is 0 Å². The van der Waals surface area contributed by atoms with E-state index in [-0.39, 0.29) is 11.5 Å². The van der Waals surface area contributed by atoms with Gasteiger partial charge in [0, 0.05) is 25.1 Å². The number of carbonyl (C=O) groups excluding carboxylic acids is 1. The number of carbonyl (C=O) groups is 1. The second kappa shape index (κ2) is 5.07. The molecule has 2 aromatic rings. The maximum absolute atomic E-state index is 12.4. The number of aromatic nitrogens is 2. The van der Waals surface area contributed by atoms with Gasteiger partial charge in [0.25, 0.3) is 11.5 Å². The van der Waals surface area contributed by atoms with Gasteiger partial charge in [-0.05, 0) is 38.0 Å². The Balaban J connectivity index is 2.15. The highest BCUT2D eigenvalue weighted by atomic mass is 16.1. The third-order valence-corrected chi connectivity index (χ3v) is 3.67. The van der Waals surface area contributed by atoms with Crippen LogP contribution in [-0.4, -0.2) is 22.0 Å². The van der Waals surface area contributed by atoms with E-state index in [1.165, 1.54) is 0 Å². The van der Waals surface area contributed by atoms with E-state index in [0.29, 0.717) is 23.0 Å². The molecule has 1 aromatic heterocycles. The maximum atomic E-state index is 12.4. The Morgan fingerprint density at radius 3 is 3.05 bits per heavy atom. The fourth-order valence-electron chi connectivity index (χ4n) is 2.65. The Morgan fingerprint density at radius 1 is 1.40 bits per heavy atom. The van der Waals surface area contributed by atoms with E-state index in [4.69, 9.17) is 0 Å². The standard InChI is InChI=1S/C15H17N3O2/c1-2-16-14(19)10-6-7-11-12(9-10)17-13-5-3-4-8-18(13)15(11)20/h6-7,9H,2-5,8H2,1H3,(H,16,19). The maximum Gasteiger partial charge on any atom is 0.261 e. The van der Waals surface area contributed by atoms with Crippen LogP contribution in [0.25, 0.3) is 10.9 Å². The van der Waals surface area contributed by atoms with Crippen LogP contribution in [0.5, 0.6) is 0 Å². The number of aryl methyl sites for hydroxylation is 1. The number of hydrogen-bond acceptors (Lipinski definition) is 3. The van der Waals surface area contributed by atoms with Gasteiger partial charge in [-0.15, -0.1) is 0 Å². The second-order valence-corrected chi connectivity index (χ2v) is 5.03. The van der Waals surface area contributed by atoms with E-state index in [0.717, 1.165) is 31.6 Å². The molecule has 0 bridgehead atoms. The quantitative estimate of drug-likeness (QED) is 0.900. The topological polar surface area (TPSA) is 64.0 Å². The fourth-order valence-corrected chi connectivity index (χ4v) is 2.65. The van der Waals surface area contributed by atoms with Crippen LogP contribution in [-0.2, 0) is 13.0 Å². The van der Waals surface area contributed by atoms with E-state index in [1.807, 2.05) is 6.92 Å². The first-order chi connectivity index (χ1) is 9.70. The molecule has 5 nitrogen and oxygen atoms in total. The summed E-state index contributed by atoms with van der Waals surface area (Å²) >= 11 is 0. The van der Waals surface area contributed by atoms with Gasteiger partial charge in [-0.3, -0.25) is 14.2 Å². The predicted octanol–water partition coefficient (Wildman–Crippen LogP) is 1.48. The molecule has 1 N–H and O–H groups in total. The summed E-state index contributed by atoms with van der Waals surface area (Å²) in [5.41, 5.74) is 1.17. The first-order valence-electron chi connectivity index (χ1n) is 7.02. The monoisotopic (exact) mass is 271 g/mol. The molecule has 0 fully saturated rings. The normalized spacial score (nSPS) is 14.1. The summed E-state index contributed by atoms with van der Waals surface area (Å²) in [4.78, 5) is 28.8. The van der Waals surface area contributed by atoms with Gasteiger partial charge in [0.05, 0.1) is 10.9 Å². The summed E-state index contributed by atoms with van der Waals surface area (Å²) in [5, 5.41) is 3.34. The van der Waals surface area contributed by atoms with Crippen molar-refractivity contribution in [1.29, 1.82) is 0 Å². The van der Waals surface area contributed by atoms with Gasteiger partial charge in [-0.1, -0.05) is 0 Å². The number of fused-ring (bicyclic) bond motifs is 2. The Hall–Kier alpha value is -2.17. The number of rotatable bonds is 2. The molecule has 1 aliphatic rings. The second-order valence-electron chi connectivity index (χ2n) is 5.03. The van der Waals surface area contributed by atoms with Crippen LogP contribution in [0.1, 0.15) is 35.9 Å². The molecule has 0 saturated heterocycles. The highest BCUT2D eigenvalue weighted by Crippen LogP contribution is 2.16. The van der Waals surface area contributed by atoms with Crippen LogP contribution in [0, 0.1) is 0 Å². The van der Waals surface area contributed by atoms with Gasteiger partial charge in [-0.25, -0.2) is 4.98 Å². The van der Waals surface area contributed by atoms with Crippen LogP contribution in [0.2, 0.25) is 0 Å². The average Bonchev–Trinajstić information content (AvgIpc) is 2.47. The van der Waals surface area contributed by atoms with Crippen molar-refractivity contribution in [3.63, 3.8) is 0 Å². The van der Waals surface area contributed by atoms with E-state index < -0.39 is 0 Å². The lowest BCUT2D eigenvalue weighted by atomic mass is 10.1. The largest absolute Gasteiger partial charge is 0.352 e. The molecule has 0 aliphatic carbocycles. The molecule has 1 amide bonds. The van der Waals surface area contributed by atoms with Gasteiger partial charge in [0.15, 0.2) is 0 Å². The third-order valence-electron chi connectivity index (χ3n) is 3.67. The lowest BCUT2D eigenvalue weighted by Crippen LogP contribution is -2.28. The Bertz CT molecular complexity index is 734. The molecule has 0 radical (unpaired) electrons. The van der Waals surface area contributed by atoms with Crippen LogP contribution in [0.3, 0.4) is 0 Å². The highest BCUT2D eigenvalue weighted by Gasteiger charge is 2.15. The van der Waals surface area contributed by atoms with Gasteiger partial charge in [-0.2, -0.15) is 0 Å². The molecule has 0 spiro atoms. The molecule has 5 heteroatoms. The van der Waals surface area contributed by atoms with Crippen LogP contribution < -0.4 is 10.9 Å².